The van der Waals surface area contributed by atoms with Gasteiger partial charge >= 0.3 is 5.97 Å². The lowest BCUT2D eigenvalue weighted by molar-refractivity contribution is -0.138. The van der Waals surface area contributed by atoms with Crippen LogP contribution in [0.2, 0.25) is 0 Å². The van der Waals surface area contributed by atoms with Crippen LogP contribution in [0, 0.1) is 0 Å². The van der Waals surface area contributed by atoms with E-state index in [-0.39, 0.29) is 28.6 Å². The van der Waals surface area contributed by atoms with E-state index in [1.165, 1.54) is 11.8 Å². The number of aromatic hydroxyl groups is 1. The molecule has 2 aromatic rings. The number of carboxylic acid groups (broad SMARTS) is 1. The van der Waals surface area contributed by atoms with E-state index < -0.39 is 23.5 Å². The SMILES string of the molecule is Cn1cnc(SC2[C@@H]3C(=O)C=C4S[C@@H]5C[C@]42c2c4c6c(c(O)c2=N5)N=CC=6CCN43)c1C[C@H](N)C(=O)O. The van der Waals surface area contributed by atoms with Gasteiger partial charge in [-0.1, -0.05) is 11.8 Å². The molecule has 6 aliphatic rings. The van der Waals surface area contributed by atoms with Crippen molar-refractivity contribution in [3.8, 4) is 5.75 Å². The van der Waals surface area contributed by atoms with Crippen LogP contribution in [0.5, 0.6) is 5.75 Å². The normalized spacial score (nSPS) is 29.9. The predicted octanol–water partition coefficient (Wildman–Crippen LogP) is 0.500. The van der Waals surface area contributed by atoms with Gasteiger partial charge in [0.25, 0.3) is 0 Å². The van der Waals surface area contributed by atoms with Crippen molar-refractivity contribution in [1.29, 1.82) is 0 Å². The number of benzene rings is 1. The molecule has 0 amide bonds. The van der Waals surface area contributed by atoms with Crippen molar-refractivity contribution >= 4 is 58.4 Å². The van der Waals surface area contributed by atoms with E-state index in [1.807, 2.05) is 17.8 Å². The number of aliphatic imine (C=N–C) groups is 1. The Kier molecular flexibility index (Phi) is 4.19. The number of ketones is 1. The molecule has 37 heavy (non-hydrogen) atoms. The Hall–Kier alpha value is -3.09. The van der Waals surface area contributed by atoms with Crippen molar-refractivity contribution in [1.82, 2.24) is 9.55 Å². The van der Waals surface area contributed by atoms with Crippen LogP contribution < -0.4 is 21.2 Å². The van der Waals surface area contributed by atoms with Crippen molar-refractivity contribution in [2.45, 2.75) is 52.4 Å². The minimum atomic E-state index is -1.07. The Labute approximate surface area is 219 Å². The summed E-state index contributed by atoms with van der Waals surface area (Å²) in [6, 6.07) is -1.46. The minimum absolute atomic E-state index is 0.0642. The summed E-state index contributed by atoms with van der Waals surface area (Å²) in [4.78, 5) is 42.7. The topological polar surface area (TPSA) is 146 Å². The zero-order valence-electron chi connectivity index (χ0n) is 19.7. The van der Waals surface area contributed by atoms with Gasteiger partial charge in [0.05, 0.1) is 23.0 Å². The van der Waals surface area contributed by atoms with E-state index in [4.69, 9.17) is 10.7 Å². The molecule has 10 nitrogen and oxygen atoms in total. The maximum Gasteiger partial charge on any atom is 0.320 e. The monoisotopic (exact) mass is 534 g/mol. The average Bonchev–Trinajstić information content (AvgIpc) is 3.52. The molecule has 8 rings (SSSR count). The third-order valence-corrected chi connectivity index (χ3v) is 11.3. The number of carbonyl (C=O) groups excluding carboxylic acids is 1. The van der Waals surface area contributed by atoms with Gasteiger partial charge in [0.15, 0.2) is 11.5 Å². The Morgan fingerprint density at radius 1 is 1.43 bits per heavy atom. The number of nitrogens with two attached hydrogens (primary N) is 1. The molecule has 1 aromatic heterocycles. The van der Waals surface area contributed by atoms with Crippen LogP contribution in [-0.2, 0) is 28.5 Å². The number of allylic oxidation sites excluding steroid dienone is 1. The number of carbonyl (C=O) groups is 2. The van der Waals surface area contributed by atoms with E-state index in [2.05, 4.69) is 14.9 Å². The van der Waals surface area contributed by atoms with Gasteiger partial charge < -0.3 is 25.4 Å². The molecular formula is C25H22N6O4S2. The fourth-order valence-corrected chi connectivity index (χ4v) is 10.2. The summed E-state index contributed by atoms with van der Waals surface area (Å²) in [5.74, 6) is -0.880. The molecule has 12 heteroatoms. The van der Waals surface area contributed by atoms with E-state index in [9.17, 15) is 19.8 Å². The van der Waals surface area contributed by atoms with Gasteiger partial charge in [-0.25, -0.2) is 4.98 Å². The molecule has 1 fully saturated rings. The fourth-order valence-electron chi connectivity index (χ4n) is 6.96. The van der Waals surface area contributed by atoms with Crippen LogP contribution in [0.15, 0.2) is 32.3 Å². The van der Waals surface area contributed by atoms with E-state index in [1.54, 1.807) is 24.2 Å². The molecule has 5 aliphatic heterocycles. The largest absolute Gasteiger partial charge is 0.504 e. The summed E-state index contributed by atoms with van der Waals surface area (Å²) in [5.41, 5.74) is 9.81. The first-order valence-corrected chi connectivity index (χ1v) is 13.9. The highest BCUT2D eigenvalue weighted by molar-refractivity contribution is 8.04. The van der Waals surface area contributed by atoms with Crippen LogP contribution in [-0.4, -0.2) is 67.0 Å². The molecule has 0 saturated carbocycles. The fraction of sp³-hybridized carbons (Fsp3) is 0.400. The first-order valence-electron chi connectivity index (χ1n) is 12.2. The number of hydrogen-bond donors (Lipinski definition) is 3. The maximum absolute atomic E-state index is 13.8. The van der Waals surface area contributed by atoms with E-state index >= 15 is 0 Å². The Morgan fingerprint density at radius 3 is 3.08 bits per heavy atom. The second-order valence-electron chi connectivity index (χ2n) is 10.4. The molecule has 6 heterocycles. The molecule has 4 N–H and O–H groups in total. The third-order valence-electron chi connectivity index (χ3n) is 8.56. The van der Waals surface area contributed by atoms with Crippen molar-refractivity contribution in [2.24, 2.45) is 22.8 Å². The Balaban J connectivity index is 1.37. The summed E-state index contributed by atoms with van der Waals surface area (Å²) in [6.07, 6.45) is 6.94. The van der Waals surface area contributed by atoms with Gasteiger partial charge in [-0.05, 0) is 24.5 Å². The number of phenolic OH excluding ortho intramolecular Hbond substituents is 1. The second-order valence-corrected chi connectivity index (χ2v) is 12.7. The zero-order valence-corrected chi connectivity index (χ0v) is 21.3. The predicted molar refractivity (Wildman–Crippen MR) is 139 cm³/mol. The van der Waals surface area contributed by atoms with Gasteiger partial charge in [0.2, 0.25) is 0 Å². The Bertz CT molecular complexity index is 1680. The van der Waals surface area contributed by atoms with Gasteiger partial charge in [-0.15, -0.1) is 11.8 Å². The zero-order chi connectivity index (χ0) is 25.4. The minimum Gasteiger partial charge on any atom is -0.504 e. The Morgan fingerprint density at radius 2 is 2.27 bits per heavy atom. The van der Waals surface area contributed by atoms with Gasteiger partial charge in [0.1, 0.15) is 33.5 Å². The first-order chi connectivity index (χ1) is 17.8. The van der Waals surface area contributed by atoms with Crippen LogP contribution >= 0.6 is 23.5 Å². The number of nitrogens with zero attached hydrogens (tertiary/aromatic N) is 5. The number of aryl methyl sites for hydroxylation is 1. The molecule has 1 aromatic carbocycles. The number of aliphatic carboxylic acids is 1. The standard InChI is InChI=1S/C25H22N6O4S2/c1-30-8-28-23(11(30)4-10(26)24(34)35)37-22-19-12(32)5-13-25(22)6-14(36-13)29-18-16(25)20-15-9(2-3-31(19)20)7-27-17(15)21(18)33/h5,7-8,10,14,19,22,33H,2-4,6,26H2,1H3,(H,34,35)/t10-,14+,19-,22?,25+/m0/s1. The van der Waals surface area contributed by atoms with Crippen molar-refractivity contribution in [3.05, 3.63) is 39.1 Å². The van der Waals surface area contributed by atoms with Crippen LogP contribution in [0.1, 0.15) is 24.1 Å². The van der Waals surface area contributed by atoms with Crippen LogP contribution in [0.4, 0.5) is 11.4 Å². The number of phenols is 1. The highest BCUT2D eigenvalue weighted by Crippen LogP contribution is 2.65. The van der Waals surface area contributed by atoms with Crippen molar-refractivity contribution < 1.29 is 19.8 Å². The van der Waals surface area contributed by atoms with Crippen molar-refractivity contribution in [2.75, 3.05) is 11.4 Å². The maximum atomic E-state index is 13.8. The van der Waals surface area contributed by atoms with Crippen LogP contribution in [0.25, 0.3) is 5.57 Å². The molecule has 1 spiro atoms. The molecule has 5 atom stereocenters. The number of thioether (sulfide) groups is 2. The highest BCUT2D eigenvalue weighted by Gasteiger charge is 2.65. The van der Waals surface area contributed by atoms with Crippen molar-refractivity contribution in [3.63, 3.8) is 0 Å². The molecule has 1 unspecified atom stereocenters. The van der Waals surface area contributed by atoms with Gasteiger partial charge in [-0.3, -0.25) is 19.6 Å². The first kappa shape index (κ1) is 21.9. The summed E-state index contributed by atoms with van der Waals surface area (Å²) >= 11 is 3.15. The second kappa shape index (κ2) is 7.06. The molecular weight excluding hydrogens is 512 g/mol. The van der Waals surface area contributed by atoms with Crippen LogP contribution in [0.3, 0.4) is 0 Å². The smallest absolute Gasteiger partial charge is 0.320 e. The number of imidazole rings is 1. The molecule has 1 saturated heterocycles. The number of rotatable bonds is 5. The molecule has 3 bridgehead atoms. The quantitative estimate of drug-likeness (QED) is 0.499. The number of fused-ring (bicyclic) bond motifs is 3. The number of aromatic nitrogens is 2. The lowest BCUT2D eigenvalue weighted by Crippen LogP contribution is -2.66. The van der Waals surface area contributed by atoms with E-state index in [0.29, 0.717) is 22.6 Å². The molecule has 1 aliphatic carbocycles. The summed E-state index contributed by atoms with van der Waals surface area (Å²) < 4.78 is 1.81. The number of carboxylic acids is 1. The summed E-state index contributed by atoms with van der Waals surface area (Å²) in [5, 5.41) is 22.7. The molecule has 0 radical (unpaired) electrons. The number of hydrogen-bond acceptors (Lipinski definition) is 10. The van der Waals surface area contributed by atoms with E-state index in [0.717, 1.165) is 45.5 Å². The lowest BCUT2D eigenvalue weighted by Gasteiger charge is -2.55. The van der Waals surface area contributed by atoms with Gasteiger partial charge in [0, 0.05) is 47.3 Å². The average molecular weight is 535 g/mol. The summed E-state index contributed by atoms with van der Waals surface area (Å²) in [7, 11) is 1.83. The highest BCUT2D eigenvalue weighted by atomic mass is 32.2. The molecule has 188 valence electrons. The lowest BCUT2D eigenvalue weighted by atomic mass is 9.63. The van der Waals surface area contributed by atoms with Gasteiger partial charge in [-0.2, -0.15) is 0 Å². The summed E-state index contributed by atoms with van der Waals surface area (Å²) in [6.45, 7) is 0.674. The number of anilines is 1. The third kappa shape index (κ3) is 2.56.